The smallest absolute Gasteiger partial charge is 0.317 e. The lowest BCUT2D eigenvalue weighted by atomic mass is 10.1. The standard InChI is InChI=1S/C22H29ClN4O3/c1-17-5-6-21(30-17)20(26-11-13-29-14-12-26)16-24-22(28)27-9-7-25(8-10-27)19-4-2-3-18(23)15-19/h2-6,15,20H,7-14,16H2,1H3,(H,24,28). The highest BCUT2D eigenvalue weighted by atomic mass is 35.5. The van der Waals surface area contributed by atoms with Gasteiger partial charge >= 0.3 is 6.03 Å². The van der Waals surface area contributed by atoms with Crippen molar-refractivity contribution < 1.29 is 13.9 Å². The van der Waals surface area contributed by atoms with Crippen LogP contribution in [0, 0.1) is 6.92 Å². The summed E-state index contributed by atoms with van der Waals surface area (Å²) in [6.45, 7) is 8.47. The summed E-state index contributed by atoms with van der Waals surface area (Å²) in [4.78, 5) is 19.3. The molecule has 1 unspecified atom stereocenters. The number of nitrogens with zero attached hydrogens (tertiary/aromatic N) is 3. The van der Waals surface area contributed by atoms with Gasteiger partial charge in [-0.15, -0.1) is 0 Å². The summed E-state index contributed by atoms with van der Waals surface area (Å²) in [5.74, 6) is 1.77. The lowest BCUT2D eigenvalue weighted by Crippen LogP contribution is -2.53. The number of nitrogens with one attached hydrogen (secondary N) is 1. The van der Waals surface area contributed by atoms with Gasteiger partial charge in [0.05, 0.1) is 19.3 Å². The molecule has 162 valence electrons. The van der Waals surface area contributed by atoms with Crippen LogP contribution in [0.2, 0.25) is 5.02 Å². The third-order valence-electron chi connectivity index (χ3n) is 5.76. The fourth-order valence-corrected chi connectivity index (χ4v) is 4.25. The Morgan fingerprint density at radius 1 is 1.10 bits per heavy atom. The molecule has 1 aromatic carbocycles. The van der Waals surface area contributed by atoms with Crippen molar-refractivity contribution >= 4 is 23.3 Å². The molecule has 0 aliphatic carbocycles. The lowest BCUT2D eigenvalue weighted by Gasteiger charge is -2.37. The molecule has 30 heavy (non-hydrogen) atoms. The molecule has 2 aliphatic heterocycles. The van der Waals surface area contributed by atoms with Crippen LogP contribution in [-0.2, 0) is 4.74 Å². The van der Waals surface area contributed by atoms with Gasteiger partial charge in [0.25, 0.3) is 0 Å². The predicted octanol–water partition coefficient (Wildman–Crippen LogP) is 3.15. The molecule has 3 heterocycles. The highest BCUT2D eigenvalue weighted by molar-refractivity contribution is 6.30. The van der Waals surface area contributed by atoms with Gasteiger partial charge in [-0.3, -0.25) is 4.90 Å². The van der Waals surface area contributed by atoms with Gasteiger partial charge in [0.1, 0.15) is 11.5 Å². The number of halogens is 1. The number of aryl methyl sites for hydroxylation is 1. The second-order valence-corrected chi connectivity index (χ2v) is 8.19. The minimum Gasteiger partial charge on any atom is -0.465 e. The first-order valence-corrected chi connectivity index (χ1v) is 10.9. The Labute approximate surface area is 182 Å². The minimum atomic E-state index is -0.0257. The number of piperazine rings is 1. The highest BCUT2D eigenvalue weighted by Crippen LogP contribution is 2.24. The van der Waals surface area contributed by atoms with Gasteiger partial charge in [-0.1, -0.05) is 17.7 Å². The van der Waals surface area contributed by atoms with Gasteiger partial charge in [-0.2, -0.15) is 0 Å². The zero-order valence-electron chi connectivity index (χ0n) is 17.3. The first-order valence-electron chi connectivity index (χ1n) is 10.5. The van der Waals surface area contributed by atoms with Crippen molar-refractivity contribution in [2.45, 2.75) is 13.0 Å². The number of urea groups is 1. The third kappa shape index (κ3) is 5.09. The third-order valence-corrected chi connectivity index (χ3v) is 6.00. The summed E-state index contributed by atoms with van der Waals surface area (Å²) in [6, 6.07) is 11.8. The SMILES string of the molecule is Cc1ccc(C(CNC(=O)N2CCN(c3cccc(Cl)c3)CC2)N2CCOCC2)o1. The molecular formula is C22H29ClN4O3. The molecule has 0 saturated carbocycles. The maximum atomic E-state index is 12.8. The van der Waals surface area contributed by atoms with E-state index in [-0.39, 0.29) is 12.1 Å². The van der Waals surface area contributed by atoms with Crippen LogP contribution < -0.4 is 10.2 Å². The summed E-state index contributed by atoms with van der Waals surface area (Å²) in [5, 5.41) is 3.86. The molecule has 2 saturated heterocycles. The summed E-state index contributed by atoms with van der Waals surface area (Å²) in [7, 11) is 0. The first-order chi connectivity index (χ1) is 14.6. The van der Waals surface area contributed by atoms with Crippen LogP contribution in [0.4, 0.5) is 10.5 Å². The fourth-order valence-electron chi connectivity index (χ4n) is 4.07. The number of carbonyl (C=O) groups is 1. The van der Waals surface area contributed by atoms with Gasteiger partial charge in [0.2, 0.25) is 0 Å². The average molecular weight is 433 g/mol. The Kier molecular flexibility index (Phi) is 6.82. The number of morpholine rings is 1. The number of amides is 2. The Bertz CT molecular complexity index is 844. The van der Waals surface area contributed by atoms with Crippen molar-refractivity contribution in [1.82, 2.24) is 15.1 Å². The van der Waals surface area contributed by atoms with E-state index in [1.54, 1.807) is 0 Å². The summed E-state index contributed by atoms with van der Waals surface area (Å²) in [5.41, 5.74) is 1.10. The van der Waals surface area contributed by atoms with E-state index in [4.69, 9.17) is 20.8 Å². The number of anilines is 1. The Hall–Kier alpha value is -2.22. The van der Waals surface area contributed by atoms with Gasteiger partial charge < -0.3 is 24.3 Å². The van der Waals surface area contributed by atoms with E-state index in [0.29, 0.717) is 32.8 Å². The van der Waals surface area contributed by atoms with E-state index in [1.165, 1.54) is 0 Å². The largest absolute Gasteiger partial charge is 0.465 e. The molecular weight excluding hydrogens is 404 g/mol. The van der Waals surface area contributed by atoms with Gasteiger partial charge in [-0.05, 0) is 37.3 Å². The van der Waals surface area contributed by atoms with Crippen molar-refractivity contribution in [3.63, 3.8) is 0 Å². The van der Waals surface area contributed by atoms with Crippen LogP contribution in [0.15, 0.2) is 40.8 Å². The van der Waals surface area contributed by atoms with Crippen LogP contribution in [0.3, 0.4) is 0 Å². The molecule has 1 aromatic heterocycles. The van der Waals surface area contributed by atoms with E-state index in [2.05, 4.69) is 21.2 Å². The molecule has 8 heteroatoms. The maximum absolute atomic E-state index is 12.8. The summed E-state index contributed by atoms with van der Waals surface area (Å²) >= 11 is 6.11. The van der Waals surface area contributed by atoms with Crippen molar-refractivity contribution in [3.05, 3.63) is 52.9 Å². The molecule has 0 bridgehead atoms. The molecule has 0 radical (unpaired) electrons. The minimum absolute atomic E-state index is 0.0132. The topological polar surface area (TPSA) is 61.2 Å². The molecule has 2 amide bonds. The molecule has 2 aliphatic rings. The molecule has 1 N–H and O–H groups in total. The zero-order valence-corrected chi connectivity index (χ0v) is 18.1. The van der Waals surface area contributed by atoms with Crippen LogP contribution in [0.5, 0.6) is 0 Å². The van der Waals surface area contributed by atoms with Crippen LogP contribution in [0.25, 0.3) is 0 Å². The summed E-state index contributed by atoms with van der Waals surface area (Å²) in [6.07, 6.45) is 0. The summed E-state index contributed by atoms with van der Waals surface area (Å²) < 4.78 is 11.4. The van der Waals surface area contributed by atoms with Crippen molar-refractivity contribution in [1.29, 1.82) is 0 Å². The molecule has 2 aromatic rings. The second kappa shape index (κ2) is 9.73. The molecule has 0 spiro atoms. The second-order valence-electron chi connectivity index (χ2n) is 7.75. The molecule has 2 fully saturated rings. The maximum Gasteiger partial charge on any atom is 0.317 e. The Morgan fingerprint density at radius 3 is 2.53 bits per heavy atom. The number of hydrogen-bond donors (Lipinski definition) is 1. The number of rotatable bonds is 5. The van der Waals surface area contributed by atoms with Crippen molar-refractivity contribution in [2.75, 3.05) is 63.9 Å². The fraction of sp³-hybridized carbons (Fsp3) is 0.500. The quantitative estimate of drug-likeness (QED) is 0.786. The number of ether oxygens (including phenoxy) is 1. The van der Waals surface area contributed by atoms with Crippen molar-refractivity contribution in [2.24, 2.45) is 0 Å². The number of furan rings is 1. The first kappa shape index (κ1) is 21.0. The van der Waals surface area contributed by atoms with E-state index in [1.807, 2.05) is 42.2 Å². The van der Waals surface area contributed by atoms with Crippen molar-refractivity contribution in [3.8, 4) is 0 Å². The van der Waals surface area contributed by atoms with E-state index in [9.17, 15) is 4.79 Å². The lowest BCUT2D eigenvalue weighted by molar-refractivity contribution is 0.0119. The zero-order chi connectivity index (χ0) is 20.9. The van der Waals surface area contributed by atoms with Crippen LogP contribution in [0.1, 0.15) is 17.6 Å². The van der Waals surface area contributed by atoms with E-state index >= 15 is 0 Å². The number of hydrogen-bond acceptors (Lipinski definition) is 5. The van der Waals surface area contributed by atoms with Gasteiger partial charge in [0.15, 0.2) is 0 Å². The molecule has 1 atom stereocenters. The predicted molar refractivity (Wildman–Crippen MR) is 117 cm³/mol. The van der Waals surface area contributed by atoms with Gasteiger partial charge in [0, 0.05) is 56.5 Å². The van der Waals surface area contributed by atoms with E-state index in [0.717, 1.165) is 48.4 Å². The van der Waals surface area contributed by atoms with Gasteiger partial charge in [-0.25, -0.2) is 4.79 Å². The van der Waals surface area contributed by atoms with Crippen LogP contribution >= 0.6 is 11.6 Å². The Balaban J connectivity index is 1.32. The Morgan fingerprint density at radius 2 is 1.87 bits per heavy atom. The molecule has 7 nitrogen and oxygen atoms in total. The van der Waals surface area contributed by atoms with E-state index < -0.39 is 0 Å². The average Bonchev–Trinajstić information content (AvgIpc) is 3.20. The highest BCUT2D eigenvalue weighted by Gasteiger charge is 2.27. The molecule has 4 rings (SSSR count). The van der Waals surface area contributed by atoms with Crippen LogP contribution in [-0.4, -0.2) is 74.9 Å². The number of benzene rings is 1. The monoisotopic (exact) mass is 432 g/mol. The number of carbonyl (C=O) groups excluding carboxylic acids is 1. The normalized spacial score (nSPS) is 19.0.